The van der Waals surface area contributed by atoms with E-state index in [9.17, 15) is 0 Å². The summed E-state index contributed by atoms with van der Waals surface area (Å²) in [5, 5.41) is 12.2. The van der Waals surface area contributed by atoms with Crippen LogP contribution in [0.25, 0.3) is 0 Å². The fourth-order valence-electron chi connectivity index (χ4n) is 1.96. The molecule has 1 aromatic rings. The van der Waals surface area contributed by atoms with Gasteiger partial charge in [0.15, 0.2) is 0 Å². The van der Waals surface area contributed by atoms with Crippen molar-refractivity contribution in [1.29, 1.82) is 5.26 Å². The minimum Gasteiger partial charge on any atom is -0.385 e. The Labute approximate surface area is 111 Å². The highest BCUT2D eigenvalue weighted by atomic mass is 14.9. The normalized spacial score (nSPS) is 10.3. The molecule has 0 fully saturated rings. The topological polar surface area (TPSA) is 35.8 Å². The van der Waals surface area contributed by atoms with E-state index in [2.05, 4.69) is 25.2 Å². The standard InChI is InChI=1S/C16H24N2/c1-14(2)8-5-3-4-6-11-18-16-10-7-9-15(12-16)13-17/h7,9-10,12,14,18H,3-6,8,11H2,1-2H3. The number of nitrogens with zero attached hydrogens (tertiary/aromatic N) is 1. The number of unbranched alkanes of at least 4 members (excludes halogenated alkanes) is 3. The zero-order valence-corrected chi connectivity index (χ0v) is 11.6. The second kappa shape index (κ2) is 8.58. The Morgan fingerprint density at radius 2 is 1.94 bits per heavy atom. The molecule has 0 saturated heterocycles. The molecule has 18 heavy (non-hydrogen) atoms. The fourth-order valence-corrected chi connectivity index (χ4v) is 1.96. The second-order valence-electron chi connectivity index (χ2n) is 5.22. The van der Waals surface area contributed by atoms with Crippen molar-refractivity contribution in [3.05, 3.63) is 29.8 Å². The fraction of sp³-hybridized carbons (Fsp3) is 0.562. The Bertz CT molecular complexity index is 377. The van der Waals surface area contributed by atoms with Gasteiger partial charge in [0.2, 0.25) is 0 Å². The van der Waals surface area contributed by atoms with E-state index in [4.69, 9.17) is 5.26 Å². The van der Waals surface area contributed by atoms with Crippen LogP contribution in [-0.4, -0.2) is 6.54 Å². The van der Waals surface area contributed by atoms with Gasteiger partial charge in [0.25, 0.3) is 0 Å². The number of benzene rings is 1. The molecule has 0 aliphatic rings. The summed E-state index contributed by atoms with van der Waals surface area (Å²) in [6.07, 6.45) is 6.52. The van der Waals surface area contributed by atoms with E-state index in [1.165, 1.54) is 32.1 Å². The zero-order valence-electron chi connectivity index (χ0n) is 11.6. The Hall–Kier alpha value is -1.49. The van der Waals surface area contributed by atoms with Crippen LogP contribution in [0.15, 0.2) is 24.3 Å². The molecule has 0 aromatic heterocycles. The van der Waals surface area contributed by atoms with Gasteiger partial charge in [-0.3, -0.25) is 0 Å². The quantitative estimate of drug-likeness (QED) is 0.679. The van der Waals surface area contributed by atoms with Gasteiger partial charge in [-0.1, -0.05) is 45.6 Å². The van der Waals surface area contributed by atoms with Crippen LogP contribution in [0.3, 0.4) is 0 Å². The molecular weight excluding hydrogens is 220 g/mol. The molecule has 1 rings (SSSR count). The van der Waals surface area contributed by atoms with Crippen molar-refractivity contribution < 1.29 is 0 Å². The molecule has 98 valence electrons. The van der Waals surface area contributed by atoms with E-state index in [-0.39, 0.29) is 0 Å². The smallest absolute Gasteiger partial charge is 0.0992 e. The summed E-state index contributed by atoms with van der Waals surface area (Å²) >= 11 is 0. The van der Waals surface area contributed by atoms with Crippen LogP contribution in [0.1, 0.15) is 51.5 Å². The Morgan fingerprint density at radius 1 is 1.17 bits per heavy atom. The highest BCUT2D eigenvalue weighted by molar-refractivity contribution is 5.48. The van der Waals surface area contributed by atoms with Gasteiger partial charge in [0.05, 0.1) is 11.6 Å². The van der Waals surface area contributed by atoms with Crippen LogP contribution in [0.2, 0.25) is 0 Å². The lowest BCUT2D eigenvalue weighted by Crippen LogP contribution is -2.01. The summed E-state index contributed by atoms with van der Waals surface area (Å²) in [4.78, 5) is 0. The van der Waals surface area contributed by atoms with E-state index in [0.717, 1.165) is 23.7 Å². The molecule has 0 radical (unpaired) electrons. The van der Waals surface area contributed by atoms with Gasteiger partial charge in [0, 0.05) is 12.2 Å². The Morgan fingerprint density at radius 3 is 2.67 bits per heavy atom. The third-order valence-corrected chi connectivity index (χ3v) is 3.03. The van der Waals surface area contributed by atoms with Gasteiger partial charge in [-0.15, -0.1) is 0 Å². The van der Waals surface area contributed by atoms with Crippen molar-refractivity contribution in [2.75, 3.05) is 11.9 Å². The molecule has 0 unspecified atom stereocenters. The number of hydrogen-bond donors (Lipinski definition) is 1. The molecule has 0 aliphatic carbocycles. The van der Waals surface area contributed by atoms with Crippen molar-refractivity contribution in [3.8, 4) is 6.07 Å². The minimum atomic E-state index is 0.719. The molecule has 0 spiro atoms. The first-order valence-electron chi connectivity index (χ1n) is 6.96. The number of hydrogen-bond acceptors (Lipinski definition) is 2. The van der Waals surface area contributed by atoms with E-state index in [1.807, 2.05) is 24.3 Å². The van der Waals surface area contributed by atoms with Gasteiger partial charge < -0.3 is 5.32 Å². The van der Waals surface area contributed by atoms with E-state index in [1.54, 1.807) is 0 Å². The van der Waals surface area contributed by atoms with Crippen LogP contribution >= 0.6 is 0 Å². The molecule has 0 amide bonds. The summed E-state index contributed by atoms with van der Waals surface area (Å²) in [6, 6.07) is 9.82. The van der Waals surface area contributed by atoms with Crippen molar-refractivity contribution in [3.63, 3.8) is 0 Å². The minimum absolute atomic E-state index is 0.719. The lowest BCUT2D eigenvalue weighted by Gasteiger charge is -2.07. The van der Waals surface area contributed by atoms with Gasteiger partial charge in [-0.05, 0) is 30.5 Å². The van der Waals surface area contributed by atoms with Crippen LogP contribution < -0.4 is 5.32 Å². The maximum absolute atomic E-state index is 8.80. The van der Waals surface area contributed by atoms with Crippen molar-refractivity contribution in [2.24, 2.45) is 5.92 Å². The summed E-state index contributed by atoms with van der Waals surface area (Å²) in [7, 11) is 0. The maximum atomic E-state index is 8.80. The number of nitriles is 1. The third kappa shape index (κ3) is 6.30. The predicted molar refractivity (Wildman–Crippen MR) is 77.6 cm³/mol. The van der Waals surface area contributed by atoms with Crippen molar-refractivity contribution >= 4 is 5.69 Å². The Kier molecular flexibility index (Phi) is 6.94. The highest BCUT2D eigenvalue weighted by Crippen LogP contribution is 2.11. The average molecular weight is 244 g/mol. The van der Waals surface area contributed by atoms with Gasteiger partial charge in [-0.25, -0.2) is 0 Å². The van der Waals surface area contributed by atoms with E-state index in [0.29, 0.717) is 0 Å². The summed E-state index contributed by atoms with van der Waals surface area (Å²) in [5.74, 6) is 0.830. The molecule has 0 bridgehead atoms. The molecule has 2 nitrogen and oxygen atoms in total. The van der Waals surface area contributed by atoms with Gasteiger partial charge >= 0.3 is 0 Å². The van der Waals surface area contributed by atoms with Crippen molar-refractivity contribution in [1.82, 2.24) is 0 Å². The molecule has 0 saturated carbocycles. The first-order valence-corrected chi connectivity index (χ1v) is 6.96. The van der Waals surface area contributed by atoms with Crippen LogP contribution in [0, 0.1) is 17.2 Å². The lowest BCUT2D eigenvalue weighted by atomic mass is 10.0. The maximum Gasteiger partial charge on any atom is 0.0992 e. The van der Waals surface area contributed by atoms with Crippen molar-refractivity contribution in [2.45, 2.75) is 46.0 Å². The number of rotatable bonds is 8. The number of nitrogens with one attached hydrogen (secondary N) is 1. The molecule has 1 aromatic carbocycles. The largest absolute Gasteiger partial charge is 0.385 e. The van der Waals surface area contributed by atoms with Crippen LogP contribution in [0.5, 0.6) is 0 Å². The summed E-state index contributed by atoms with van der Waals surface area (Å²) in [6.45, 7) is 5.56. The first kappa shape index (κ1) is 14.6. The van der Waals surface area contributed by atoms with E-state index < -0.39 is 0 Å². The third-order valence-electron chi connectivity index (χ3n) is 3.03. The van der Waals surface area contributed by atoms with Crippen LogP contribution in [0.4, 0.5) is 5.69 Å². The lowest BCUT2D eigenvalue weighted by molar-refractivity contribution is 0.523. The highest BCUT2D eigenvalue weighted by Gasteiger charge is 1.96. The summed E-state index contributed by atoms with van der Waals surface area (Å²) in [5.41, 5.74) is 1.77. The molecule has 0 heterocycles. The second-order valence-corrected chi connectivity index (χ2v) is 5.22. The molecular formula is C16H24N2. The Balaban J connectivity index is 2.09. The molecule has 2 heteroatoms. The van der Waals surface area contributed by atoms with E-state index >= 15 is 0 Å². The molecule has 1 N–H and O–H groups in total. The predicted octanol–water partition coefficient (Wildman–Crippen LogP) is 4.58. The molecule has 0 aliphatic heterocycles. The zero-order chi connectivity index (χ0) is 13.2. The summed E-state index contributed by atoms with van der Waals surface area (Å²) < 4.78 is 0. The number of anilines is 1. The van der Waals surface area contributed by atoms with Gasteiger partial charge in [-0.2, -0.15) is 5.26 Å². The van der Waals surface area contributed by atoms with Gasteiger partial charge in [0.1, 0.15) is 0 Å². The SMILES string of the molecule is CC(C)CCCCCCNc1cccc(C#N)c1. The molecule has 0 atom stereocenters. The van der Waals surface area contributed by atoms with Crippen LogP contribution in [-0.2, 0) is 0 Å². The average Bonchev–Trinajstić information content (AvgIpc) is 2.37. The first-order chi connectivity index (χ1) is 8.72. The monoisotopic (exact) mass is 244 g/mol.